The number of nitrogens with zero attached hydrogens (tertiary/aromatic N) is 1. The number of aromatic carboxylic acids is 1. The predicted molar refractivity (Wildman–Crippen MR) is 75.8 cm³/mol. The summed E-state index contributed by atoms with van der Waals surface area (Å²) in [5, 5.41) is 9.87. The number of thiazole rings is 1. The van der Waals surface area contributed by atoms with Gasteiger partial charge in [0.25, 0.3) is 0 Å². The summed E-state index contributed by atoms with van der Waals surface area (Å²) in [5.74, 6) is -0.893. The second kappa shape index (κ2) is 6.11. The van der Waals surface area contributed by atoms with Gasteiger partial charge in [-0.3, -0.25) is 0 Å². The fraction of sp³-hybridized carbons (Fsp3) is 0.231. The molecule has 2 rings (SSSR count). The van der Waals surface area contributed by atoms with E-state index in [0.717, 1.165) is 23.0 Å². The van der Waals surface area contributed by atoms with Gasteiger partial charge in [-0.1, -0.05) is 28.1 Å². The average Bonchev–Trinajstić information content (AvgIpc) is 2.77. The minimum Gasteiger partial charge on any atom is -0.478 e. The topological polar surface area (TPSA) is 50.2 Å². The number of carboxylic acid groups (broad SMARTS) is 1. The third-order valence-corrected chi connectivity index (χ3v) is 3.92. The molecule has 18 heavy (non-hydrogen) atoms. The van der Waals surface area contributed by atoms with Crippen molar-refractivity contribution in [3.05, 3.63) is 51.5 Å². The number of hydrogen-bond acceptors (Lipinski definition) is 3. The number of carboxylic acids is 1. The first-order valence-electron chi connectivity index (χ1n) is 5.50. The van der Waals surface area contributed by atoms with Crippen molar-refractivity contribution >= 4 is 33.2 Å². The molecule has 0 radical (unpaired) electrons. The van der Waals surface area contributed by atoms with Crippen molar-refractivity contribution < 1.29 is 9.90 Å². The highest BCUT2D eigenvalue weighted by Gasteiger charge is 2.08. The zero-order valence-electron chi connectivity index (χ0n) is 9.60. The number of rotatable bonds is 5. The number of carbonyl (C=O) groups is 1. The predicted octanol–water partition coefficient (Wildman–Crippen LogP) is 3.37. The van der Waals surface area contributed by atoms with Gasteiger partial charge < -0.3 is 5.11 Å². The fourth-order valence-electron chi connectivity index (χ4n) is 1.73. The summed E-state index contributed by atoms with van der Waals surface area (Å²) in [6.45, 7) is 0. The van der Waals surface area contributed by atoms with Crippen LogP contribution < -0.4 is 0 Å². The van der Waals surface area contributed by atoms with Crippen molar-refractivity contribution in [3.8, 4) is 0 Å². The zero-order valence-corrected chi connectivity index (χ0v) is 12.0. The summed E-state index contributed by atoms with van der Waals surface area (Å²) < 4.78 is 0. The van der Waals surface area contributed by atoms with Crippen molar-refractivity contribution in [1.29, 1.82) is 0 Å². The maximum Gasteiger partial charge on any atom is 0.335 e. The van der Waals surface area contributed by atoms with Gasteiger partial charge in [-0.15, -0.1) is 11.3 Å². The fourth-order valence-corrected chi connectivity index (χ4v) is 3.18. The lowest BCUT2D eigenvalue weighted by Gasteiger charge is -2.03. The molecule has 1 aromatic carbocycles. The van der Waals surface area contributed by atoms with Crippen molar-refractivity contribution in [2.75, 3.05) is 5.33 Å². The summed E-state index contributed by atoms with van der Waals surface area (Å²) >= 11 is 5.07. The van der Waals surface area contributed by atoms with Gasteiger partial charge in [0.05, 0.1) is 16.8 Å². The first kappa shape index (κ1) is 13.2. The van der Waals surface area contributed by atoms with Crippen molar-refractivity contribution in [3.63, 3.8) is 0 Å². The Labute approximate surface area is 118 Å². The number of hydrogen-bond donors (Lipinski definition) is 1. The van der Waals surface area contributed by atoms with Gasteiger partial charge in [-0.25, -0.2) is 9.78 Å². The Morgan fingerprint density at radius 3 is 3.00 bits per heavy atom. The summed E-state index contributed by atoms with van der Waals surface area (Å²) in [4.78, 5) is 16.5. The van der Waals surface area contributed by atoms with Gasteiger partial charge in [0, 0.05) is 16.6 Å². The molecule has 0 spiro atoms. The lowest BCUT2D eigenvalue weighted by Crippen LogP contribution is -1.99. The first-order chi connectivity index (χ1) is 8.70. The van der Waals surface area contributed by atoms with Gasteiger partial charge in [0.1, 0.15) is 0 Å². The number of benzene rings is 1. The quantitative estimate of drug-likeness (QED) is 0.857. The molecule has 3 nitrogen and oxygen atoms in total. The molecule has 94 valence electrons. The molecule has 0 saturated carbocycles. The molecule has 0 aliphatic rings. The summed E-state index contributed by atoms with van der Waals surface area (Å²) in [5.41, 5.74) is 4.19. The Balaban J connectivity index is 2.20. The van der Waals surface area contributed by atoms with Crippen LogP contribution in [0.2, 0.25) is 0 Å². The number of aromatic nitrogens is 1. The number of alkyl halides is 1. The van der Waals surface area contributed by atoms with Crippen LogP contribution >= 0.6 is 27.3 Å². The molecular weight excluding hydrogens is 314 g/mol. The van der Waals surface area contributed by atoms with E-state index in [1.54, 1.807) is 29.5 Å². The van der Waals surface area contributed by atoms with Crippen LogP contribution in [0.4, 0.5) is 0 Å². The van der Waals surface area contributed by atoms with E-state index in [2.05, 4.69) is 20.9 Å². The van der Waals surface area contributed by atoms with E-state index in [1.165, 1.54) is 4.88 Å². The molecule has 0 fully saturated rings. The molecule has 1 aromatic heterocycles. The highest BCUT2D eigenvalue weighted by Crippen LogP contribution is 2.19. The maximum absolute atomic E-state index is 10.9. The molecule has 0 aliphatic heterocycles. The van der Waals surface area contributed by atoms with Crippen LogP contribution in [0.1, 0.15) is 26.5 Å². The average molecular weight is 326 g/mol. The van der Waals surface area contributed by atoms with E-state index in [4.69, 9.17) is 5.11 Å². The second-order valence-corrected chi connectivity index (χ2v) is 5.58. The molecule has 1 heterocycles. The monoisotopic (exact) mass is 325 g/mol. The Morgan fingerprint density at radius 1 is 1.44 bits per heavy atom. The molecule has 5 heteroatoms. The molecule has 0 unspecified atom stereocenters. The maximum atomic E-state index is 10.9. The molecule has 0 saturated heterocycles. The number of halogens is 1. The summed E-state index contributed by atoms with van der Waals surface area (Å²) in [6.07, 6.45) is 1.64. The van der Waals surface area contributed by atoms with Crippen molar-refractivity contribution in [1.82, 2.24) is 4.98 Å². The van der Waals surface area contributed by atoms with Crippen LogP contribution in [-0.2, 0) is 12.8 Å². The van der Waals surface area contributed by atoms with Gasteiger partial charge in [0.15, 0.2) is 0 Å². The molecule has 0 amide bonds. The van der Waals surface area contributed by atoms with Crippen LogP contribution in [0.5, 0.6) is 0 Å². The lowest BCUT2D eigenvalue weighted by molar-refractivity contribution is 0.0697. The molecule has 1 N–H and O–H groups in total. The molecule has 0 bridgehead atoms. The lowest BCUT2D eigenvalue weighted by atomic mass is 10.1. The van der Waals surface area contributed by atoms with Gasteiger partial charge in [-0.2, -0.15) is 0 Å². The summed E-state index contributed by atoms with van der Waals surface area (Å²) in [7, 11) is 0. The zero-order chi connectivity index (χ0) is 13.0. The Kier molecular flexibility index (Phi) is 4.49. The minimum atomic E-state index is -0.893. The third-order valence-electron chi connectivity index (χ3n) is 2.59. The largest absolute Gasteiger partial charge is 0.478 e. The minimum absolute atomic E-state index is 0.324. The van der Waals surface area contributed by atoms with Crippen LogP contribution in [0.25, 0.3) is 0 Å². The van der Waals surface area contributed by atoms with Gasteiger partial charge in [0.2, 0.25) is 0 Å². The van der Waals surface area contributed by atoms with Crippen LogP contribution in [-0.4, -0.2) is 21.4 Å². The normalized spacial score (nSPS) is 10.5. The summed E-state index contributed by atoms with van der Waals surface area (Å²) in [6, 6.07) is 7.02. The van der Waals surface area contributed by atoms with Crippen molar-refractivity contribution in [2.24, 2.45) is 0 Å². The standard InChI is InChI=1S/C13H12BrNO2S/c14-5-4-12-11(15-8-18-12)7-9-2-1-3-10(6-9)13(16)17/h1-3,6,8H,4-5,7H2,(H,16,17). The third kappa shape index (κ3) is 3.17. The van der Waals surface area contributed by atoms with Crippen LogP contribution in [0, 0.1) is 0 Å². The SMILES string of the molecule is O=C(O)c1cccc(Cc2ncsc2CCBr)c1. The van der Waals surface area contributed by atoms with Crippen molar-refractivity contribution in [2.45, 2.75) is 12.8 Å². The smallest absolute Gasteiger partial charge is 0.335 e. The molecule has 2 aromatic rings. The van der Waals surface area contributed by atoms with Gasteiger partial charge >= 0.3 is 5.97 Å². The van der Waals surface area contributed by atoms with Gasteiger partial charge in [-0.05, 0) is 24.1 Å². The molecular formula is C13H12BrNO2S. The Bertz CT molecular complexity index is 553. The second-order valence-electron chi connectivity index (χ2n) is 3.84. The van der Waals surface area contributed by atoms with Crippen LogP contribution in [0.3, 0.4) is 0 Å². The molecule has 0 atom stereocenters. The van der Waals surface area contributed by atoms with E-state index < -0.39 is 5.97 Å². The highest BCUT2D eigenvalue weighted by atomic mass is 79.9. The van der Waals surface area contributed by atoms with E-state index >= 15 is 0 Å². The highest BCUT2D eigenvalue weighted by molar-refractivity contribution is 9.09. The Hall–Kier alpha value is -1.20. The van der Waals surface area contributed by atoms with Crippen LogP contribution in [0.15, 0.2) is 29.8 Å². The van der Waals surface area contributed by atoms with E-state index in [1.807, 2.05) is 11.6 Å². The van der Waals surface area contributed by atoms with E-state index in [-0.39, 0.29) is 0 Å². The Morgan fingerprint density at radius 2 is 2.28 bits per heavy atom. The van der Waals surface area contributed by atoms with E-state index in [9.17, 15) is 4.79 Å². The van der Waals surface area contributed by atoms with E-state index in [0.29, 0.717) is 12.0 Å². The first-order valence-corrected chi connectivity index (χ1v) is 7.50. The number of aryl methyl sites for hydroxylation is 1. The molecule has 0 aliphatic carbocycles.